The van der Waals surface area contributed by atoms with Gasteiger partial charge in [-0.1, -0.05) is 10.8 Å². The molecule has 0 bridgehead atoms. The average Bonchev–Trinajstić information content (AvgIpc) is 2.38. The van der Waals surface area contributed by atoms with E-state index in [1.54, 1.807) is 6.07 Å². The summed E-state index contributed by atoms with van der Waals surface area (Å²) in [6.45, 7) is 3.74. The highest BCUT2D eigenvalue weighted by atomic mass is 33.1. The van der Waals surface area contributed by atoms with Gasteiger partial charge in [-0.05, 0) is 26.0 Å². The van der Waals surface area contributed by atoms with Crippen molar-refractivity contribution >= 4 is 33.5 Å². The molecule has 2 aromatic heterocycles. The second kappa shape index (κ2) is 4.63. The van der Waals surface area contributed by atoms with Gasteiger partial charge in [0.05, 0.1) is 10.3 Å². The average molecular weight is 278 g/mol. The van der Waals surface area contributed by atoms with Crippen LogP contribution in [0, 0.1) is 11.3 Å². The molecule has 0 aromatic carbocycles. The fraction of sp³-hybridized carbons (Fsp3) is 0.273. The Balaban J connectivity index is 2.74. The third-order valence-corrected chi connectivity index (χ3v) is 4.52. The third-order valence-electron chi connectivity index (χ3n) is 2.54. The summed E-state index contributed by atoms with van der Waals surface area (Å²) in [5, 5.41) is 9.15. The minimum Gasteiger partial charge on any atom is -0.283 e. The zero-order valence-corrected chi connectivity index (χ0v) is 11.5. The second-order valence-corrected chi connectivity index (χ2v) is 5.87. The van der Waals surface area contributed by atoms with E-state index < -0.39 is 4.87 Å². The Morgan fingerprint density at radius 3 is 2.83 bits per heavy atom. The number of thiol groups is 1. The molecule has 0 saturated carbocycles. The molecule has 18 heavy (non-hydrogen) atoms. The zero-order chi connectivity index (χ0) is 13.3. The van der Waals surface area contributed by atoms with Crippen molar-refractivity contribution in [3.63, 3.8) is 0 Å². The number of aromatic nitrogens is 3. The molecule has 7 heteroatoms. The summed E-state index contributed by atoms with van der Waals surface area (Å²) < 4.78 is 1.50. The van der Waals surface area contributed by atoms with Crippen LogP contribution in [-0.4, -0.2) is 14.5 Å². The monoisotopic (exact) mass is 278 g/mol. The highest BCUT2D eigenvalue weighted by Crippen LogP contribution is 2.31. The van der Waals surface area contributed by atoms with Crippen molar-refractivity contribution in [1.82, 2.24) is 14.5 Å². The third kappa shape index (κ3) is 2.09. The van der Waals surface area contributed by atoms with Gasteiger partial charge in [0.25, 0.3) is 5.56 Å². The van der Waals surface area contributed by atoms with E-state index in [0.29, 0.717) is 5.39 Å². The van der Waals surface area contributed by atoms with Crippen molar-refractivity contribution < 1.29 is 0 Å². The predicted octanol–water partition coefficient (Wildman–Crippen LogP) is 1.93. The molecule has 0 aliphatic carbocycles. The SMILES string of the molecule is CC(C)(SS)n1cnc2nc(C#N)ccc2c1=O. The molecule has 0 spiro atoms. The summed E-state index contributed by atoms with van der Waals surface area (Å²) in [4.78, 5) is 19.9. The zero-order valence-electron chi connectivity index (χ0n) is 9.78. The van der Waals surface area contributed by atoms with E-state index in [4.69, 9.17) is 5.26 Å². The van der Waals surface area contributed by atoms with Crippen molar-refractivity contribution in [1.29, 1.82) is 5.26 Å². The lowest BCUT2D eigenvalue weighted by Gasteiger charge is -2.23. The lowest BCUT2D eigenvalue weighted by molar-refractivity contribution is 0.517. The lowest BCUT2D eigenvalue weighted by Crippen LogP contribution is -2.33. The van der Waals surface area contributed by atoms with Gasteiger partial charge in [-0.15, -0.1) is 11.7 Å². The molecule has 0 N–H and O–H groups in total. The Morgan fingerprint density at radius 2 is 2.22 bits per heavy atom. The predicted molar refractivity (Wildman–Crippen MR) is 74.4 cm³/mol. The number of rotatable bonds is 2. The minimum absolute atomic E-state index is 0.191. The van der Waals surface area contributed by atoms with Crippen molar-refractivity contribution in [3.05, 3.63) is 34.5 Å². The first-order valence-electron chi connectivity index (χ1n) is 5.11. The highest BCUT2D eigenvalue weighted by Gasteiger charge is 2.22. The van der Waals surface area contributed by atoms with E-state index >= 15 is 0 Å². The van der Waals surface area contributed by atoms with Crippen molar-refractivity contribution in [2.45, 2.75) is 18.7 Å². The number of hydrogen-bond donors (Lipinski definition) is 1. The molecular formula is C11H10N4OS2. The van der Waals surface area contributed by atoms with Gasteiger partial charge in [0.2, 0.25) is 0 Å². The van der Waals surface area contributed by atoms with E-state index in [1.165, 1.54) is 27.8 Å². The molecule has 2 rings (SSSR count). The Kier molecular flexibility index (Phi) is 3.32. The molecule has 2 heterocycles. The molecule has 0 radical (unpaired) electrons. The summed E-state index contributed by atoms with van der Waals surface area (Å²) in [5.74, 6) is 0. The van der Waals surface area contributed by atoms with Crippen LogP contribution in [0.4, 0.5) is 0 Å². The standard InChI is InChI=1S/C11H10N4OS2/c1-11(2,18-17)15-6-13-9-8(10(15)16)4-3-7(5-12)14-9/h3-4,6,17H,1-2H3. The lowest BCUT2D eigenvalue weighted by atomic mass is 10.3. The first-order chi connectivity index (χ1) is 8.49. The normalized spacial score (nSPS) is 11.4. The van der Waals surface area contributed by atoms with Crippen LogP contribution in [0.2, 0.25) is 0 Å². The topological polar surface area (TPSA) is 71.6 Å². The van der Waals surface area contributed by atoms with Crippen molar-refractivity contribution in [2.24, 2.45) is 0 Å². The molecule has 0 saturated heterocycles. The van der Waals surface area contributed by atoms with Crippen molar-refractivity contribution in [2.75, 3.05) is 0 Å². The van der Waals surface area contributed by atoms with Crippen LogP contribution in [0.3, 0.4) is 0 Å². The molecule has 92 valence electrons. The quantitative estimate of drug-likeness (QED) is 0.671. The van der Waals surface area contributed by atoms with Gasteiger partial charge in [-0.25, -0.2) is 9.97 Å². The maximum absolute atomic E-state index is 12.3. The van der Waals surface area contributed by atoms with Crippen LogP contribution in [-0.2, 0) is 4.87 Å². The first-order valence-corrected chi connectivity index (χ1v) is 6.98. The molecular weight excluding hydrogens is 268 g/mol. The number of pyridine rings is 1. The Hall–Kier alpha value is -1.52. The van der Waals surface area contributed by atoms with Crippen LogP contribution in [0.25, 0.3) is 11.0 Å². The van der Waals surface area contributed by atoms with Gasteiger partial charge < -0.3 is 0 Å². The summed E-state index contributed by atoms with van der Waals surface area (Å²) in [5.41, 5.74) is 0.341. The van der Waals surface area contributed by atoms with E-state index in [1.807, 2.05) is 19.9 Å². The Morgan fingerprint density at radius 1 is 1.50 bits per heavy atom. The van der Waals surface area contributed by atoms with Crippen LogP contribution >= 0.6 is 22.5 Å². The van der Waals surface area contributed by atoms with Crippen LogP contribution in [0.15, 0.2) is 23.3 Å². The Bertz CT molecular complexity index is 702. The summed E-state index contributed by atoms with van der Waals surface area (Å²) in [7, 11) is 1.26. The van der Waals surface area contributed by atoms with E-state index in [9.17, 15) is 4.79 Å². The summed E-state index contributed by atoms with van der Waals surface area (Å²) >= 11 is 4.16. The van der Waals surface area contributed by atoms with Gasteiger partial charge in [0.1, 0.15) is 18.1 Å². The number of fused-ring (bicyclic) bond motifs is 1. The number of nitrogens with zero attached hydrogens (tertiary/aromatic N) is 4. The maximum atomic E-state index is 12.3. The Labute approximate surface area is 113 Å². The number of hydrogen-bond acceptors (Lipinski definition) is 6. The molecule has 0 atom stereocenters. The molecule has 0 unspecified atom stereocenters. The van der Waals surface area contributed by atoms with Gasteiger partial charge >= 0.3 is 0 Å². The van der Waals surface area contributed by atoms with E-state index in [2.05, 4.69) is 21.6 Å². The van der Waals surface area contributed by atoms with E-state index in [-0.39, 0.29) is 16.9 Å². The molecule has 2 aromatic rings. The number of nitriles is 1. The second-order valence-electron chi connectivity index (χ2n) is 4.14. The maximum Gasteiger partial charge on any atom is 0.264 e. The van der Waals surface area contributed by atoms with Gasteiger partial charge in [0.15, 0.2) is 5.65 Å². The first kappa shape index (κ1) is 12.9. The molecule has 5 nitrogen and oxygen atoms in total. The molecule has 0 fully saturated rings. The fourth-order valence-electron chi connectivity index (χ4n) is 1.50. The molecule has 0 amide bonds. The largest absolute Gasteiger partial charge is 0.283 e. The fourth-order valence-corrected chi connectivity index (χ4v) is 1.98. The smallest absolute Gasteiger partial charge is 0.264 e. The van der Waals surface area contributed by atoms with Gasteiger partial charge in [-0.2, -0.15) is 5.26 Å². The molecule has 0 aliphatic rings. The minimum atomic E-state index is -0.505. The van der Waals surface area contributed by atoms with Gasteiger partial charge in [-0.3, -0.25) is 9.36 Å². The molecule has 0 aliphatic heterocycles. The van der Waals surface area contributed by atoms with Crippen molar-refractivity contribution in [3.8, 4) is 6.07 Å². The highest BCUT2D eigenvalue weighted by molar-refractivity contribution is 8.68. The van der Waals surface area contributed by atoms with Crippen LogP contribution in [0.1, 0.15) is 19.5 Å². The van der Waals surface area contributed by atoms with Gasteiger partial charge in [0, 0.05) is 0 Å². The van der Waals surface area contributed by atoms with E-state index in [0.717, 1.165) is 0 Å². The van der Waals surface area contributed by atoms with Crippen LogP contribution in [0.5, 0.6) is 0 Å². The summed E-state index contributed by atoms with van der Waals surface area (Å²) in [6.07, 6.45) is 1.43. The van der Waals surface area contributed by atoms with Crippen LogP contribution < -0.4 is 5.56 Å². The summed E-state index contributed by atoms with van der Waals surface area (Å²) in [6, 6.07) is 5.00.